The van der Waals surface area contributed by atoms with Crippen molar-refractivity contribution in [3.8, 4) is 0 Å². The first-order valence-corrected chi connectivity index (χ1v) is 7.49. The summed E-state index contributed by atoms with van der Waals surface area (Å²) in [4.78, 5) is 5.13. The van der Waals surface area contributed by atoms with Crippen LogP contribution in [0.4, 0.5) is 0 Å². The van der Waals surface area contributed by atoms with Crippen LogP contribution in [0.5, 0.6) is 0 Å². The van der Waals surface area contributed by atoms with Crippen molar-refractivity contribution in [2.45, 2.75) is 32.4 Å². The van der Waals surface area contributed by atoms with E-state index in [1.54, 1.807) is 0 Å². The molecule has 0 aromatic heterocycles. The Labute approximate surface area is 117 Å². The van der Waals surface area contributed by atoms with Crippen molar-refractivity contribution in [2.24, 2.45) is 5.73 Å². The number of nitrogens with two attached hydrogens (primary N) is 1. The van der Waals surface area contributed by atoms with Crippen LogP contribution < -0.4 is 5.73 Å². The highest BCUT2D eigenvalue weighted by atomic mass is 15.3. The van der Waals surface area contributed by atoms with Gasteiger partial charge >= 0.3 is 0 Å². The van der Waals surface area contributed by atoms with E-state index < -0.39 is 0 Å². The van der Waals surface area contributed by atoms with E-state index in [1.165, 1.54) is 25.1 Å². The Morgan fingerprint density at radius 2 is 1.63 bits per heavy atom. The highest BCUT2D eigenvalue weighted by molar-refractivity contribution is 5.19. The van der Waals surface area contributed by atoms with Crippen LogP contribution in [0.25, 0.3) is 0 Å². The van der Waals surface area contributed by atoms with Crippen LogP contribution in [0.3, 0.4) is 0 Å². The summed E-state index contributed by atoms with van der Waals surface area (Å²) >= 11 is 0. The molecule has 0 saturated carbocycles. The molecule has 1 aliphatic heterocycles. The van der Waals surface area contributed by atoms with Gasteiger partial charge in [0, 0.05) is 44.8 Å². The third-order valence-electron chi connectivity index (χ3n) is 4.41. The zero-order valence-electron chi connectivity index (χ0n) is 12.3. The first kappa shape index (κ1) is 14.5. The van der Waals surface area contributed by atoms with Crippen molar-refractivity contribution in [3.05, 3.63) is 35.9 Å². The molecule has 1 aliphatic rings. The average molecular weight is 261 g/mol. The standard InChI is InChI=1S/C16H27N3/c1-3-14(2)18-9-11-19(12-10-18)16(13-17)15-7-5-4-6-8-15/h4-8,14,16H,3,9-13,17H2,1-2H3. The van der Waals surface area contributed by atoms with Crippen LogP contribution in [0, 0.1) is 0 Å². The Morgan fingerprint density at radius 1 is 1.05 bits per heavy atom. The molecule has 106 valence electrons. The van der Waals surface area contributed by atoms with Crippen molar-refractivity contribution in [3.63, 3.8) is 0 Å². The lowest BCUT2D eigenvalue weighted by Gasteiger charge is -2.41. The zero-order chi connectivity index (χ0) is 13.7. The quantitative estimate of drug-likeness (QED) is 0.881. The second-order valence-corrected chi connectivity index (χ2v) is 5.49. The minimum atomic E-state index is 0.375. The summed E-state index contributed by atoms with van der Waals surface area (Å²) < 4.78 is 0. The first-order valence-electron chi connectivity index (χ1n) is 7.49. The van der Waals surface area contributed by atoms with Gasteiger partial charge in [0.25, 0.3) is 0 Å². The predicted molar refractivity (Wildman–Crippen MR) is 81.1 cm³/mol. The van der Waals surface area contributed by atoms with Crippen LogP contribution in [-0.4, -0.2) is 48.6 Å². The number of rotatable bonds is 5. The fourth-order valence-electron chi connectivity index (χ4n) is 2.92. The maximum absolute atomic E-state index is 6.00. The second kappa shape index (κ2) is 7.04. The third-order valence-corrected chi connectivity index (χ3v) is 4.41. The Bertz CT molecular complexity index is 358. The molecular weight excluding hydrogens is 234 g/mol. The van der Waals surface area contributed by atoms with E-state index in [1.807, 2.05) is 0 Å². The molecule has 2 rings (SSSR count). The van der Waals surface area contributed by atoms with E-state index in [4.69, 9.17) is 5.73 Å². The van der Waals surface area contributed by atoms with E-state index in [0.717, 1.165) is 13.1 Å². The molecule has 19 heavy (non-hydrogen) atoms. The van der Waals surface area contributed by atoms with E-state index in [0.29, 0.717) is 18.6 Å². The van der Waals surface area contributed by atoms with Crippen molar-refractivity contribution in [2.75, 3.05) is 32.7 Å². The minimum absolute atomic E-state index is 0.375. The zero-order valence-corrected chi connectivity index (χ0v) is 12.3. The van der Waals surface area contributed by atoms with E-state index in [2.05, 4.69) is 54.0 Å². The van der Waals surface area contributed by atoms with Gasteiger partial charge in [-0.3, -0.25) is 9.80 Å². The topological polar surface area (TPSA) is 32.5 Å². The Kier molecular flexibility index (Phi) is 5.37. The van der Waals surface area contributed by atoms with Gasteiger partial charge in [0.2, 0.25) is 0 Å². The van der Waals surface area contributed by atoms with E-state index in [-0.39, 0.29) is 0 Å². The van der Waals surface area contributed by atoms with Gasteiger partial charge in [-0.1, -0.05) is 37.3 Å². The van der Waals surface area contributed by atoms with Gasteiger partial charge in [-0.05, 0) is 18.9 Å². The lowest BCUT2D eigenvalue weighted by atomic mass is 10.0. The lowest BCUT2D eigenvalue weighted by molar-refractivity contribution is 0.0743. The highest BCUT2D eigenvalue weighted by Gasteiger charge is 2.25. The first-order chi connectivity index (χ1) is 9.26. The van der Waals surface area contributed by atoms with Crippen LogP contribution in [0.15, 0.2) is 30.3 Å². The van der Waals surface area contributed by atoms with Gasteiger partial charge in [-0.2, -0.15) is 0 Å². The average Bonchev–Trinajstić information content (AvgIpc) is 2.49. The molecule has 1 heterocycles. The van der Waals surface area contributed by atoms with Gasteiger partial charge in [0.1, 0.15) is 0 Å². The monoisotopic (exact) mass is 261 g/mol. The molecular formula is C16H27N3. The summed E-state index contributed by atoms with van der Waals surface area (Å²) in [7, 11) is 0. The van der Waals surface area contributed by atoms with E-state index in [9.17, 15) is 0 Å². The normalized spacial score (nSPS) is 21.2. The molecule has 2 unspecified atom stereocenters. The molecule has 2 atom stereocenters. The molecule has 0 aliphatic carbocycles. The van der Waals surface area contributed by atoms with Crippen LogP contribution in [0.1, 0.15) is 31.9 Å². The third kappa shape index (κ3) is 3.56. The van der Waals surface area contributed by atoms with Crippen molar-refractivity contribution in [1.82, 2.24) is 9.80 Å². The van der Waals surface area contributed by atoms with Gasteiger partial charge in [0.15, 0.2) is 0 Å². The number of piperazine rings is 1. The second-order valence-electron chi connectivity index (χ2n) is 5.49. The number of hydrogen-bond donors (Lipinski definition) is 1. The maximum Gasteiger partial charge on any atom is 0.0471 e. The lowest BCUT2D eigenvalue weighted by Crippen LogP contribution is -2.51. The highest BCUT2D eigenvalue weighted by Crippen LogP contribution is 2.21. The smallest absolute Gasteiger partial charge is 0.0471 e. The number of nitrogens with zero attached hydrogens (tertiary/aromatic N) is 2. The van der Waals surface area contributed by atoms with E-state index >= 15 is 0 Å². The SMILES string of the molecule is CCC(C)N1CCN(C(CN)c2ccccc2)CC1. The molecule has 1 saturated heterocycles. The molecule has 0 spiro atoms. The fraction of sp³-hybridized carbons (Fsp3) is 0.625. The molecule has 3 nitrogen and oxygen atoms in total. The molecule has 1 aromatic carbocycles. The molecule has 1 aromatic rings. The number of benzene rings is 1. The molecule has 1 fully saturated rings. The minimum Gasteiger partial charge on any atom is -0.329 e. The fourth-order valence-corrected chi connectivity index (χ4v) is 2.92. The maximum atomic E-state index is 6.00. The molecule has 3 heteroatoms. The van der Waals surface area contributed by atoms with Crippen molar-refractivity contribution in [1.29, 1.82) is 0 Å². The Balaban J connectivity index is 1.96. The molecule has 0 radical (unpaired) electrons. The largest absolute Gasteiger partial charge is 0.329 e. The molecule has 2 N–H and O–H groups in total. The van der Waals surface area contributed by atoms with Crippen LogP contribution in [-0.2, 0) is 0 Å². The Morgan fingerprint density at radius 3 is 2.16 bits per heavy atom. The van der Waals surface area contributed by atoms with Crippen molar-refractivity contribution >= 4 is 0 Å². The number of hydrogen-bond acceptors (Lipinski definition) is 3. The molecule has 0 amide bonds. The molecule has 0 bridgehead atoms. The van der Waals surface area contributed by atoms with Gasteiger partial charge in [-0.25, -0.2) is 0 Å². The summed E-state index contributed by atoms with van der Waals surface area (Å²) in [5, 5.41) is 0. The van der Waals surface area contributed by atoms with Gasteiger partial charge in [-0.15, -0.1) is 0 Å². The predicted octanol–water partition coefficient (Wildman–Crippen LogP) is 2.10. The van der Waals surface area contributed by atoms with Gasteiger partial charge < -0.3 is 5.73 Å². The van der Waals surface area contributed by atoms with Crippen molar-refractivity contribution < 1.29 is 0 Å². The summed E-state index contributed by atoms with van der Waals surface area (Å²) in [6, 6.07) is 11.7. The van der Waals surface area contributed by atoms with Gasteiger partial charge in [0.05, 0.1) is 0 Å². The summed E-state index contributed by atoms with van der Waals surface area (Å²) in [6.07, 6.45) is 1.24. The summed E-state index contributed by atoms with van der Waals surface area (Å²) in [5.41, 5.74) is 7.35. The summed E-state index contributed by atoms with van der Waals surface area (Å²) in [5.74, 6) is 0. The Hall–Kier alpha value is -0.900. The van der Waals surface area contributed by atoms with Crippen LogP contribution in [0.2, 0.25) is 0 Å². The van der Waals surface area contributed by atoms with Crippen LogP contribution >= 0.6 is 0 Å². The summed E-state index contributed by atoms with van der Waals surface area (Å²) in [6.45, 7) is 9.88.